The Hall–Kier alpha value is -1.36. The number of nitrogens with zero attached hydrogens (tertiary/aromatic N) is 2. The second-order valence-electron chi connectivity index (χ2n) is 5.78. The van der Waals surface area contributed by atoms with Crippen molar-refractivity contribution in [3.8, 4) is 0 Å². The first-order chi connectivity index (χ1) is 10.2. The average molecular weight is 306 g/mol. The van der Waals surface area contributed by atoms with Crippen LogP contribution in [0.2, 0.25) is 0 Å². The average Bonchev–Trinajstić information content (AvgIpc) is 2.92. The molecule has 0 aliphatic heterocycles. The zero-order valence-electron chi connectivity index (χ0n) is 13.3. The van der Waals surface area contributed by atoms with Crippen LogP contribution in [0.5, 0.6) is 0 Å². The Kier molecular flexibility index (Phi) is 6.23. The molecular weight excluding hydrogens is 280 g/mol. The number of nitrogens with one attached hydrogen (secondary N) is 2. The third kappa shape index (κ3) is 4.84. The molecular formula is C16H26N4S. The number of hydrogen-bond acceptors (Lipinski definition) is 5. The van der Waals surface area contributed by atoms with E-state index in [4.69, 9.17) is 0 Å². The van der Waals surface area contributed by atoms with Gasteiger partial charge in [-0.05, 0) is 30.2 Å². The summed E-state index contributed by atoms with van der Waals surface area (Å²) in [4.78, 5) is 10.2. The Bertz CT molecular complexity index is 550. The summed E-state index contributed by atoms with van der Waals surface area (Å²) in [5.41, 5.74) is 0. The Labute approximate surface area is 131 Å². The number of hydrogen-bond donors (Lipinski definition) is 2. The zero-order chi connectivity index (χ0) is 15.1. The van der Waals surface area contributed by atoms with E-state index < -0.39 is 0 Å². The van der Waals surface area contributed by atoms with Crippen molar-refractivity contribution in [2.45, 2.75) is 46.5 Å². The van der Waals surface area contributed by atoms with Crippen LogP contribution in [0.25, 0.3) is 10.2 Å². The second-order valence-corrected chi connectivity index (χ2v) is 6.67. The summed E-state index contributed by atoms with van der Waals surface area (Å²) >= 11 is 1.67. The van der Waals surface area contributed by atoms with Crippen molar-refractivity contribution in [2.24, 2.45) is 5.92 Å². The summed E-state index contributed by atoms with van der Waals surface area (Å²) in [5, 5.41) is 9.96. The predicted molar refractivity (Wildman–Crippen MR) is 93.4 cm³/mol. The normalized spacial score (nSPS) is 11.2. The molecule has 0 amide bonds. The van der Waals surface area contributed by atoms with Crippen molar-refractivity contribution in [3.63, 3.8) is 0 Å². The van der Waals surface area contributed by atoms with Gasteiger partial charge in [-0.15, -0.1) is 11.3 Å². The molecule has 0 spiro atoms. The minimum absolute atomic E-state index is 0.733. The van der Waals surface area contributed by atoms with Gasteiger partial charge in [0, 0.05) is 13.1 Å². The molecule has 0 saturated heterocycles. The third-order valence-corrected chi connectivity index (χ3v) is 4.17. The van der Waals surface area contributed by atoms with Gasteiger partial charge >= 0.3 is 0 Å². The summed E-state index contributed by atoms with van der Waals surface area (Å²) in [7, 11) is 0. The molecule has 0 radical (unpaired) electrons. The molecule has 2 rings (SSSR count). The van der Waals surface area contributed by atoms with Crippen molar-refractivity contribution in [1.29, 1.82) is 0 Å². The van der Waals surface area contributed by atoms with Crippen molar-refractivity contribution in [2.75, 3.05) is 23.7 Å². The van der Waals surface area contributed by atoms with Gasteiger partial charge in [-0.3, -0.25) is 0 Å². The van der Waals surface area contributed by atoms with Gasteiger partial charge in [-0.25, -0.2) is 4.98 Å². The van der Waals surface area contributed by atoms with Crippen LogP contribution in [0.4, 0.5) is 11.8 Å². The van der Waals surface area contributed by atoms with Crippen molar-refractivity contribution in [1.82, 2.24) is 9.97 Å². The molecule has 0 atom stereocenters. The quantitative estimate of drug-likeness (QED) is 0.656. The predicted octanol–water partition coefficient (Wildman–Crippen LogP) is 4.75. The summed E-state index contributed by atoms with van der Waals surface area (Å²) in [5.74, 6) is 2.48. The highest BCUT2D eigenvalue weighted by Crippen LogP contribution is 2.26. The first-order valence-electron chi connectivity index (χ1n) is 7.93. The zero-order valence-corrected chi connectivity index (χ0v) is 14.1. The lowest BCUT2D eigenvalue weighted by molar-refractivity contribution is 0.544. The molecule has 0 bridgehead atoms. The van der Waals surface area contributed by atoms with Crippen LogP contribution in [0, 0.1) is 5.92 Å². The molecule has 2 aromatic heterocycles. The maximum atomic E-state index is 4.62. The Morgan fingerprint density at radius 1 is 1.14 bits per heavy atom. The molecule has 0 saturated carbocycles. The number of thiophene rings is 1. The highest BCUT2D eigenvalue weighted by Gasteiger charge is 2.08. The van der Waals surface area contributed by atoms with E-state index in [1.54, 1.807) is 11.3 Å². The molecule has 0 aromatic carbocycles. The SMILES string of the molecule is CCCNc1nc(NCCCCC(C)C)c2ccsc2n1. The fourth-order valence-corrected chi connectivity index (χ4v) is 2.95. The smallest absolute Gasteiger partial charge is 0.226 e. The fraction of sp³-hybridized carbons (Fsp3) is 0.625. The van der Waals surface area contributed by atoms with Crippen LogP contribution in [0.1, 0.15) is 46.5 Å². The van der Waals surface area contributed by atoms with Gasteiger partial charge in [0.1, 0.15) is 10.6 Å². The minimum atomic E-state index is 0.733. The highest BCUT2D eigenvalue weighted by atomic mass is 32.1. The van der Waals surface area contributed by atoms with Gasteiger partial charge in [0.05, 0.1) is 5.39 Å². The molecule has 21 heavy (non-hydrogen) atoms. The summed E-state index contributed by atoms with van der Waals surface area (Å²) in [6, 6.07) is 2.10. The Balaban J connectivity index is 1.98. The van der Waals surface area contributed by atoms with E-state index in [1.807, 2.05) is 0 Å². The van der Waals surface area contributed by atoms with E-state index in [9.17, 15) is 0 Å². The number of aromatic nitrogens is 2. The van der Waals surface area contributed by atoms with Gasteiger partial charge in [-0.2, -0.15) is 4.98 Å². The number of unbranched alkanes of at least 4 members (excludes halogenated alkanes) is 1. The van der Waals surface area contributed by atoms with Gasteiger partial charge in [0.25, 0.3) is 0 Å². The maximum Gasteiger partial charge on any atom is 0.226 e. The molecule has 0 aliphatic carbocycles. The van der Waals surface area contributed by atoms with E-state index in [2.05, 4.69) is 52.8 Å². The molecule has 0 aliphatic rings. The van der Waals surface area contributed by atoms with Crippen LogP contribution >= 0.6 is 11.3 Å². The number of rotatable bonds is 9. The van der Waals surface area contributed by atoms with Gasteiger partial charge in [0.15, 0.2) is 0 Å². The van der Waals surface area contributed by atoms with Crippen molar-refractivity contribution >= 4 is 33.3 Å². The topological polar surface area (TPSA) is 49.8 Å². The molecule has 2 aromatic rings. The van der Waals surface area contributed by atoms with Gasteiger partial charge in [-0.1, -0.05) is 33.6 Å². The lowest BCUT2D eigenvalue weighted by Crippen LogP contribution is -2.08. The molecule has 0 fully saturated rings. The Morgan fingerprint density at radius 2 is 2.00 bits per heavy atom. The fourth-order valence-electron chi connectivity index (χ4n) is 2.19. The van der Waals surface area contributed by atoms with Gasteiger partial charge < -0.3 is 10.6 Å². The number of fused-ring (bicyclic) bond motifs is 1. The first-order valence-corrected chi connectivity index (χ1v) is 8.81. The van der Waals surface area contributed by atoms with E-state index >= 15 is 0 Å². The van der Waals surface area contributed by atoms with E-state index in [-0.39, 0.29) is 0 Å². The largest absolute Gasteiger partial charge is 0.369 e. The Morgan fingerprint density at radius 3 is 2.76 bits per heavy atom. The van der Waals surface area contributed by atoms with Crippen LogP contribution in [0.15, 0.2) is 11.4 Å². The minimum Gasteiger partial charge on any atom is -0.369 e. The standard InChI is InChI=1S/C16H26N4S/c1-4-9-18-16-19-14(13-8-11-21-15(13)20-16)17-10-6-5-7-12(2)3/h8,11-12H,4-7,9-10H2,1-3H3,(H2,17,18,19,20). The lowest BCUT2D eigenvalue weighted by Gasteiger charge is -2.10. The summed E-state index contributed by atoms with van der Waals surface area (Å²) in [6.45, 7) is 8.58. The first kappa shape index (κ1) is 16.0. The monoisotopic (exact) mass is 306 g/mol. The molecule has 5 heteroatoms. The molecule has 2 heterocycles. The highest BCUT2D eigenvalue weighted by molar-refractivity contribution is 7.16. The second kappa shape index (κ2) is 8.17. The van der Waals surface area contributed by atoms with Crippen molar-refractivity contribution < 1.29 is 0 Å². The molecule has 116 valence electrons. The summed E-state index contributed by atoms with van der Waals surface area (Å²) < 4.78 is 0. The molecule has 2 N–H and O–H groups in total. The van der Waals surface area contributed by atoms with Crippen LogP contribution in [-0.4, -0.2) is 23.1 Å². The third-order valence-electron chi connectivity index (χ3n) is 3.36. The lowest BCUT2D eigenvalue weighted by atomic mass is 10.1. The van der Waals surface area contributed by atoms with Crippen LogP contribution < -0.4 is 10.6 Å². The number of anilines is 2. The van der Waals surface area contributed by atoms with E-state index in [1.165, 1.54) is 19.3 Å². The van der Waals surface area contributed by atoms with Gasteiger partial charge in [0.2, 0.25) is 5.95 Å². The molecule has 4 nitrogen and oxygen atoms in total. The van der Waals surface area contributed by atoms with Crippen molar-refractivity contribution in [3.05, 3.63) is 11.4 Å². The van der Waals surface area contributed by atoms with Crippen LogP contribution in [-0.2, 0) is 0 Å². The van der Waals surface area contributed by atoms with Crippen LogP contribution in [0.3, 0.4) is 0 Å². The van der Waals surface area contributed by atoms with E-state index in [0.717, 1.165) is 47.4 Å². The molecule has 0 unspecified atom stereocenters. The summed E-state index contributed by atoms with van der Waals surface area (Å²) in [6.07, 6.45) is 4.82. The maximum absolute atomic E-state index is 4.62. The van der Waals surface area contributed by atoms with E-state index in [0.29, 0.717) is 0 Å².